The number of fused-ring (bicyclic) bond motifs is 10. The first-order chi connectivity index (χ1) is 23.3. The van der Waals surface area contributed by atoms with Gasteiger partial charge >= 0.3 is 0 Å². The summed E-state index contributed by atoms with van der Waals surface area (Å²) in [4.78, 5) is 13.3. The summed E-state index contributed by atoms with van der Waals surface area (Å²) in [6, 6.07) is 50.4. The van der Waals surface area contributed by atoms with Crippen molar-refractivity contribution in [1.29, 1.82) is 0 Å². The van der Waals surface area contributed by atoms with Gasteiger partial charge in [0.2, 0.25) is 5.95 Å². The molecule has 0 saturated carbocycles. The van der Waals surface area contributed by atoms with Crippen molar-refractivity contribution < 1.29 is 0 Å². The number of anilines is 3. The number of aromatic nitrogens is 2. The van der Waals surface area contributed by atoms with Crippen LogP contribution in [0.4, 0.5) is 17.3 Å². The number of benzene rings is 7. The molecule has 0 amide bonds. The summed E-state index contributed by atoms with van der Waals surface area (Å²) in [5.74, 6) is 0.688. The third-order valence-corrected chi connectivity index (χ3v) is 12.0. The number of thiophene rings is 2. The van der Waals surface area contributed by atoms with Crippen molar-refractivity contribution in [3.8, 4) is 22.4 Å². The predicted octanol–water partition coefficient (Wildman–Crippen LogP) is 12.6. The zero-order valence-corrected chi connectivity index (χ0v) is 26.6. The van der Waals surface area contributed by atoms with Crippen molar-refractivity contribution in [3.63, 3.8) is 0 Å². The Kier molecular flexibility index (Phi) is 5.14. The molecule has 0 radical (unpaired) electrons. The highest BCUT2D eigenvalue weighted by molar-refractivity contribution is 7.27. The van der Waals surface area contributed by atoms with E-state index in [4.69, 9.17) is 9.97 Å². The molecule has 47 heavy (non-hydrogen) atoms. The molecule has 3 nitrogen and oxygen atoms in total. The third kappa shape index (κ3) is 3.50. The molecule has 0 bridgehead atoms. The van der Waals surface area contributed by atoms with Gasteiger partial charge < -0.3 is 0 Å². The van der Waals surface area contributed by atoms with E-state index in [-0.39, 0.29) is 0 Å². The van der Waals surface area contributed by atoms with Crippen LogP contribution < -0.4 is 4.90 Å². The van der Waals surface area contributed by atoms with Crippen molar-refractivity contribution in [2.24, 2.45) is 0 Å². The van der Waals surface area contributed by atoms with Gasteiger partial charge in [-0.15, -0.1) is 22.7 Å². The van der Waals surface area contributed by atoms with E-state index in [1.165, 1.54) is 57.5 Å². The lowest BCUT2D eigenvalue weighted by Gasteiger charge is -2.33. The third-order valence-electron chi connectivity index (χ3n) is 9.61. The van der Waals surface area contributed by atoms with Crippen molar-refractivity contribution in [1.82, 2.24) is 9.97 Å². The van der Waals surface area contributed by atoms with Crippen molar-refractivity contribution >= 4 is 102 Å². The summed E-state index contributed by atoms with van der Waals surface area (Å²) < 4.78 is 4.89. The summed E-state index contributed by atoms with van der Waals surface area (Å²) >= 11 is 3.63. The van der Waals surface area contributed by atoms with Gasteiger partial charge in [-0.1, -0.05) is 115 Å². The molecule has 11 rings (SSSR count). The largest absolute Gasteiger partial charge is 0.278 e. The first kappa shape index (κ1) is 25.6. The van der Waals surface area contributed by atoms with Crippen LogP contribution in [0, 0.1) is 0 Å². The topological polar surface area (TPSA) is 29.0 Å². The summed E-state index contributed by atoms with van der Waals surface area (Å²) in [5, 5.41) is 8.61. The fraction of sp³-hybridized carbons (Fsp3) is 0. The summed E-state index contributed by atoms with van der Waals surface area (Å²) in [7, 11) is 0. The lowest BCUT2D eigenvalue weighted by atomic mass is 9.88. The minimum absolute atomic E-state index is 0.688. The molecule has 10 aromatic rings. The monoisotopic (exact) mass is 633 g/mol. The fourth-order valence-corrected chi connectivity index (χ4v) is 9.95. The minimum atomic E-state index is 0.688. The van der Waals surface area contributed by atoms with Crippen LogP contribution in [0.3, 0.4) is 0 Å². The average Bonchev–Trinajstić information content (AvgIpc) is 3.70. The lowest BCUT2D eigenvalue weighted by Crippen LogP contribution is -2.18. The van der Waals surface area contributed by atoms with E-state index in [2.05, 4.69) is 144 Å². The molecule has 5 heteroatoms. The number of hydrogen-bond acceptors (Lipinski definition) is 5. The van der Waals surface area contributed by atoms with Gasteiger partial charge in [0.1, 0.15) is 0 Å². The molecular weight excluding hydrogens is 611 g/mol. The summed E-state index contributed by atoms with van der Waals surface area (Å²) in [6.07, 6.45) is 0. The molecule has 3 aromatic heterocycles. The molecule has 1 aliphatic heterocycles. The second kappa shape index (κ2) is 9.46. The maximum absolute atomic E-state index is 5.58. The van der Waals surface area contributed by atoms with E-state index in [0.29, 0.717) is 5.95 Å². The van der Waals surface area contributed by atoms with Gasteiger partial charge in [0, 0.05) is 46.8 Å². The molecule has 218 valence electrons. The molecule has 0 aliphatic carbocycles. The molecule has 1 aliphatic rings. The quantitative estimate of drug-likeness (QED) is 0.190. The SMILES string of the molecule is c1ccc2c3c(ccc2c1)N(c1nc(-c2cccc4c2sc2ccccc24)c2sc4ccccc4c2n1)c1cccc2cccc-3c12. The Labute approximate surface area is 277 Å². The lowest BCUT2D eigenvalue weighted by molar-refractivity contribution is 1.12. The van der Waals surface area contributed by atoms with E-state index < -0.39 is 0 Å². The predicted molar refractivity (Wildman–Crippen MR) is 202 cm³/mol. The fourth-order valence-electron chi connectivity index (χ4n) is 7.59. The summed E-state index contributed by atoms with van der Waals surface area (Å²) in [5.41, 5.74) is 7.80. The highest BCUT2D eigenvalue weighted by Gasteiger charge is 2.30. The molecule has 0 saturated heterocycles. The first-order valence-electron chi connectivity index (χ1n) is 15.8. The smallest absolute Gasteiger partial charge is 0.235 e. The molecule has 0 N–H and O–H groups in total. The molecule has 0 atom stereocenters. The second-order valence-electron chi connectivity index (χ2n) is 12.1. The number of nitrogens with zero attached hydrogens (tertiary/aromatic N) is 3. The van der Waals surface area contributed by atoms with Crippen LogP contribution in [-0.4, -0.2) is 9.97 Å². The van der Waals surface area contributed by atoms with Crippen LogP contribution in [0.2, 0.25) is 0 Å². The number of hydrogen-bond donors (Lipinski definition) is 0. The van der Waals surface area contributed by atoms with Gasteiger partial charge in [-0.05, 0) is 46.0 Å². The van der Waals surface area contributed by atoms with E-state index >= 15 is 0 Å². The molecule has 0 spiro atoms. The van der Waals surface area contributed by atoms with Crippen molar-refractivity contribution in [2.75, 3.05) is 4.90 Å². The van der Waals surface area contributed by atoms with Gasteiger partial charge in [0.25, 0.3) is 0 Å². The standard InChI is InChI=1S/C42H23N3S2/c1-2-13-26-24(10-1)22-23-33-37(26)30-17-7-11-25-12-8-19-32(36(25)30)45(33)42-43-38-29-15-4-6-21-35(29)47-41(38)39(44-42)31-18-9-16-28-27-14-3-5-20-34(27)46-40(28)31/h1-23H. The van der Waals surface area contributed by atoms with Crippen molar-refractivity contribution in [2.45, 2.75) is 0 Å². The Morgan fingerprint density at radius 2 is 1.11 bits per heavy atom. The van der Waals surface area contributed by atoms with Crippen molar-refractivity contribution in [3.05, 3.63) is 140 Å². The zero-order chi connectivity index (χ0) is 30.6. The Morgan fingerprint density at radius 1 is 0.447 bits per heavy atom. The van der Waals surface area contributed by atoms with E-state index in [9.17, 15) is 0 Å². The first-order valence-corrected chi connectivity index (χ1v) is 17.4. The summed E-state index contributed by atoms with van der Waals surface area (Å²) in [6.45, 7) is 0. The van der Waals surface area contributed by atoms with Gasteiger partial charge in [-0.3, -0.25) is 4.90 Å². The Balaban J connectivity index is 1.29. The molecular formula is C42H23N3S2. The van der Waals surface area contributed by atoms with Gasteiger partial charge in [0.05, 0.1) is 27.3 Å². The normalized spacial score (nSPS) is 12.6. The van der Waals surface area contributed by atoms with Crippen LogP contribution in [0.1, 0.15) is 0 Å². The second-order valence-corrected chi connectivity index (χ2v) is 14.2. The minimum Gasteiger partial charge on any atom is -0.278 e. The van der Waals surface area contributed by atoms with Crippen LogP contribution in [0.15, 0.2) is 140 Å². The van der Waals surface area contributed by atoms with Crippen LogP contribution >= 0.6 is 22.7 Å². The Morgan fingerprint density at radius 3 is 2.00 bits per heavy atom. The van der Waals surface area contributed by atoms with Gasteiger partial charge in [-0.2, -0.15) is 0 Å². The number of rotatable bonds is 2. The molecule has 7 aromatic carbocycles. The van der Waals surface area contributed by atoms with Crippen LogP contribution in [0.25, 0.3) is 84.4 Å². The molecule has 0 fully saturated rings. The Bertz CT molecular complexity index is 2930. The highest BCUT2D eigenvalue weighted by Crippen LogP contribution is 2.53. The van der Waals surface area contributed by atoms with Crippen LogP contribution in [-0.2, 0) is 0 Å². The Hall–Kier alpha value is -5.62. The van der Waals surface area contributed by atoms with Crippen LogP contribution in [0.5, 0.6) is 0 Å². The van der Waals surface area contributed by atoms with Gasteiger partial charge in [0.15, 0.2) is 0 Å². The maximum atomic E-state index is 5.58. The van der Waals surface area contributed by atoms with Gasteiger partial charge in [-0.25, -0.2) is 9.97 Å². The molecule has 4 heterocycles. The zero-order valence-electron chi connectivity index (χ0n) is 24.9. The molecule has 0 unspecified atom stereocenters. The average molecular weight is 634 g/mol. The highest BCUT2D eigenvalue weighted by atomic mass is 32.1. The maximum Gasteiger partial charge on any atom is 0.235 e. The van der Waals surface area contributed by atoms with E-state index in [1.807, 2.05) is 11.3 Å². The van der Waals surface area contributed by atoms with E-state index in [0.717, 1.165) is 38.2 Å². The van der Waals surface area contributed by atoms with E-state index in [1.54, 1.807) is 11.3 Å².